The summed E-state index contributed by atoms with van der Waals surface area (Å²) >= 11 is 0. The lowest BCUT2D eigenvalue weighted by molar-refractivity contribution is 0.626. The number of nitrogens with zero attached hydrogens (tertiary/aromatic N) is 2. The van der Waals surface area contributed by atoms with E-state index in [0.29, 0.717) is 12.2 Å². The van der Waals surface area contributed by atoms with E-state index < -0.39 is 5.82 Å². The molecule has 1 aliphatic rings. The zero-order chi connectivity index (χ0) is 13.4. The molecule has 0 aliphatic carbocycles. The number of anilines is 2. The van der Waals surface area contributed by atoms with Gasteiger partial charge in [-0.25, -0.2) is 8.78 Å². The third kappa shape index (κ3) is 2.04. The molecule has 0 unspecified atom stereocenters. The molecule has 0 atom stereocenters. The van der Waals surface area contributed by atoms with Crippen LogP contribution in [0.25, 0.3) is 0 Å². The van der Waals surface area contributed by atoms with E-state index in [1.807, 2.05) is 11.0 Å². The van der Waals surface area contributed by atoms with E-state index in [9.17, 15) is 8.78 Å². The highest BCUT2D eigenvalue weighted by molar-refractivity contribution is 5.70. The minimum Gasteiger partial charge on any atom is -0.341 e. The molecule has 94 valence electrons. The van der Waals surface area contributed by atoms with Crippen LogP contribution in [0.15, 0.2) is 36.4 Å². The number of hydrogen-bond acceptors (Lipinski definition) is 2. The standard InChI is InChI=1S/C15H10F2N2/c16-12-2-1-11-3-4-19(15(11)8-12)14-6-10(9-18)5-13(17)7-14/h1-2,5-8H,3-4H2. The minimum absolute atomic E-state index is 0.264. The molecule has 2 aromatic rings. The molecular formula is C15H10F2N2. The molecule has 3 rings (SSSR count). The minimum atomic E-state index is -0.459. The second-order valence-electron chi connectivity index (χ2n) is 4.48. The van der Waals surface area contributed by atoms with Gasteiger partial charge in [-0.1, -0.05) is 6.07 Å². The maximum absolute atomic E-state index is 13.5. The summed E-state index contributed by atoms with van der Waals surface area (Å²) in [5.41, 5.74) is 2.62. The third-order valence-corrected chi connectivity index (χ3v) is 3.27. The fourth-order valence-electron chi connectivity index (χ4n) is 2.42. The fraction of sp³-hybridized carbons (Fsp3) is 0.133. The molecule has 0 saturated carbocycles. The zero-order valence-electron chi connectivity index (χ0n) is 10.0. The molecule has 0 radical (unpaired) electrons. The Morgan fingerprint density at radius 3 is 2.68 bits per heavy atom. The van der Waals surface area contributed by atoms with E-state index in [1.54, 1.807) is 12.1 Å². The number of halogens is 2. The van der Waals surface area contributed by atoms with Crippen molar-refractivity contribution in [3.8, 4) is 6.07 Å². The van der Waals surface area contributed by atoms with Gasteiger partial charge in [-0.3, -0.25) is 0 Å². The Labute approximate surface area is 109 Å². The van der Waals surface area contributed by atoms with E-state index in [1.165, 1.54) is 24.3 Å². The molecule has 19 heavy (non-hydrogen) atoms. The summed E-state index contributed by atoms with van der Waals surface area (Å²) in [6, 6.07) is 10.7. The van der Waals surface area contributed by atoms with E-state index in [0.717, 1.165) is 17.7 Å². The van der Waals surface area contributed by atoms with Crippen LogP contribution < -0.4 is 4.90 Å². The SMILES string of the molecule is N#Cc1cc(F)cc(N2CCc3ccc(F)cc32)c1. The number of rotatable bonds is 1. The van der Waals surface area contributed by atoms with E-state index in [2.05, 4.69) is 0 Å². The highest BCUT2D eigenvalue weighted by Gasteiger charge is 2.21. The van der Waals surface area contributed by atoms with Crippen LogP contribution in [0, 0.1) is 23.0 Å². The highest BCUT2D eigenvalue weighted by Crippen LogP contribution is 2.35. The van der Waals surface area contributed by atoms with Gasteiger partial charge < -0.3 is 4.90 Å². The van der Waals surface area contributed by atoms with Gasteiger partial charge in [0.05, 0.1) is 11.6 Å². The predicted molar refractivity (Wildman–Crippen MR) is 68.2 cm³/mol. The monoisotopic (exact) mass is 256 g/mol. The number of hydrogen-bond donors (Lipinski definition) is 0. The summed E-state index contributed by atoms with van der Waals surface area (Å²) in [7, 11) is 0. The van der Waals surface area contributed by atoms with Crippen LogP contribution in [0.1, 0.15) is 11.1 Å². The Kier molecular flexibility index (Phi) is 2.68. The Bertz CT molecular complexity index is 689. The number of fused-ring (bicyclic) bond motifs is 1. The second kappa shape index (κ2) is 4.36. The molecule has 0 aromatic heterocycles. The van der Waals surface area contributed by atoms with Crippen LogP contribution in [0.4, 0.5) is 20.2 Å². The first-order chi connectivity index (χ1) is 9.17. The van der Waals surface area contributed by atoms with Crippen molar-refractivity contribution in [1.82, 2.24) is 0 Å². The van der Waals surface area contributed by atoms with E-state index >= 15 is 0 Å². The van der Waals surface area contributed by atoms with Gasteiger partial charge in [-0.2, -0.15) is 5.26 Å². The van der Waals surface area contributed by atoms with Crippen LogP contribution in [0.2, 0.25) is 0 Å². The van der Waals surface area contributed by atoms with E-state index in [-0.39, 0.29) is 11.4 Å². The fourth-order valence-corrected chi connectivity index (χ4v) is 2.42. The van der Waals surface area contributed by atoms with Gasteiger partial charge in [0.25, 0.3) is 0 Å². The van der Waals surface area contributed by atoms with Crippen molar-refractivity contribution in [1.29, 1.82) is 5.26 Å². The van der Waals surface area contributed by atoms with Crippen molar-refractivity contribution in [3.05, 3.63) is 59.2 Å². The van der Waals surface area contributed by atoms with Crippen molar-refractivity contribution >= 4 is 11.4 Å². The van der Waals surface area contributed by atoms with Crippen LogP contribution in [0.5, 0.6) is 0 Å². The number of benzene rings is 2. The quantitative estimate of drug-likeness (QED) is 0.780. The summed E-state index contributed by atoms with van der Waals surface area (Å²) < 4.78 is 26.8. The molecule has 0 spiro atoms. The maximum Gasteiger partial charge on any atom is 0.126 e. The molecule has 1 heterocycles. The summed E-state index contributed by atoms with van der Waals surface area (Å²) in [6.07, 6.45) is 0.786. The molecule has 0 bridgehead atoms. The van der Waals surface area contributed by atoms with Gasteiger partial charge >= 0.3 is 0 Å². The van der Waals surface area contributed by atoms with Crippen molar-refractivity contribution in [2.45, 2.75) is 6.42 Å². The van der Waals surface area contributed by atoms with Gasteiger partial charge in [0.2, 0.25) is 0 Å². The summed E-state index contributed by atoms with van der Waals surface area (Å²) in [5, 5.41) is 8.87. The van der Waals surface area contributed by atoms with Gasteiger partial charge in [-0.05, 0) is 42.3 Å². The molecule has 1 aliphatic heterocycles. The Morgan fingerprint density at radius 2 is 1.89 bits per heavy atom. The zero-order valence-corrected chi connectivity index (χ0v) is 10.0. The average Bonchev–Trinajstić information content (AvgIpc) is 2.80. The first-order valence-corrected chi connectivity index (χ1v) is 5.94. The van der Waals surface area contributed by atoms with Gasteiger partial charge in [-0.15, -0.1) is 0 Å². The van der Waals surface area contributed by atoms with Crippen LogP contribution in [-0.2, 0) is 6.42 Å². The smallest absolute Gasteiger partial charge is 0.126 e. The third-order valence-electron chi connectivity index (χ3n) is 3.27. The molecule has 2 nitrogen and oxygen atoms in total. The molecule has 2 aromatic carbocycles. The predicted octanol–water partition coefficient (Wildman–Crippen LogP) is 3.53. The molecule has 0 saturated heterocycles. The molecule has 0 N–H and O–H groups in total. The lowest BCUT2D eigenvalue weighted by Crippen LogP contribution is -2.13. The number of nitriles is 1. The van der Waals surface area contributed by atoms with E-state index in [4.69, 9.17) is 5.26 Å². The molecule has 0 amide bonds. The van der Waals surface area contributed by atoms with Gasteiger partial charge in [0.1, 0.15) is 11.6 Å². The average molecular weight is 256 g/mol. The maximum atomic E-state index is 13.5. The first-order valence-electron chi connectivity index (χ1n) is 5.94. The van der Waals surface area contributed by atoms with Crippen molar-refractivity contribution in [2.24, 2.45) is 0 Å². The topological polar surface area (TPSA) is 27.0 Å². The van der Waals surface area contributed by atoms with Gasteiger partial charge in [0, 0.05) is 17.9 Å². The molecule has 4 heteroatoms. The van der Waals surface area contributed by atoms with Crippen molar-refractivity contribution < 1.29 is 8.78 Å². The Morgan fingerprint density at radius 1 is 1.05 bits per heavy atom. The Balaban J connectivity index is 2.09. The normalized spacial score (nSPS) is 13.2. The first kappa shape index (κ1) is 11.7. The summed E-state index contributed by atoms with van der Waals surface area (Å²) in [6.45, 7) is 0.660. The van der Waals surface area contributed by atoms with Crippen molar-refractivity contribution in [2.75, 3.05) is 11.4 Å². The lowest BCUT2D eigenvalue weighted by Gasteiger charge is -2.19. The van der Waals surface area contributed by atoms with Crippen LogP contribution in [0.3, 0.4) is 0 Å². The molecular weight excluding hydrogens is 246 g/mol. The lowest BCUT2D eigenvalue weighted by atomic mass is 10.1. The molecule has 0 fully saturated rings. The van der Waals surface area contributed by atoms with Crippen molar-refractivity contribution in [3.63, 3.8) is 0 Å². The highest BCUT2D eigenvalue weighted by atomic mass is 19.1. The second-order valence-corrected chi connectivity index (χ2v) is 4.48. The van der Waals surface area contributed by atoms with Crippen LogP contribution >= 0.6 is 0 Å². The summed E-state index contributed by atoms with van der Waals surface area (Å²) in [5.74, 6) is -0.776. The summed E-state index contributed by atoms with van der Waals surface area (Å²) in [4.78, 5) is 1.84. The largest absolute Gasteiger partial charge is 0.341 e. The Hall–Kier alpha value is -2.41. The van der Waals surface area contributed by atoms with Gasteiger partial charge in [0.15, 0.2) is 0 Å². The van der Waals surface area contributed by atoms with Crippen LogP contribution in [-0.4, -0.2) is 6.54 Å².